The molecule has 0 spiro atoms. The van der Waals surface area contributed by atoms with Crippen molar-refractivity contribution in [3.05, 3.63) is 53.0 Å². The lowest BCUT2D eigenvalue weighted by molar-refractivity contribution is -0.123. The maximum Gasteiger partial charge on any atom is 0.272 e. The summed E-state index contributed by atoms with van der Waals surface area (Å²) in [6.07, 6.45) is 1.51. The van der Waals surface area contributed by atoms with Gasteiger partial charge in [0, 0.05) is 43.4 Å². The van der Waals surface area contributed by atoms with E-state index in [-0.39, 0.29) is 30.2 Å². The highest BCUT2D eigenvalue weighted by Crippen LogP contribution is 2.18. The molecule has 0 radical (unpaired) electrons. The van der Waals surface area contributed by atoms with E-state index in [1.807, 2.05) is 20.8 Å². The fourth-order valence-electron chi connectivity index (χ4n) is 2.80. The largest absolute Gasteiger partial charge is 0.471 e. The minimum atomic E-state index is -2.57. The van der Waals surface area contributed by atoms with Crippen LogP contribution in [-0.4, -0.2) is 41.4 Å². The Hall–Kier alpha value is -3.10. The number of nitrogens with zero attached hydrogens (tertiary/aromatic N) is 2. The lowest BCUT2D eigenvalue weighted by atomic mass is 10.1. The Morgan fingerprint density at radius 1 is 1.19 bits per heavy atom. The number of alkyl halides is 2. The van der Waals surface area contributed by atoms with Gasteiger partial charge in [-0.2, -0.15) is 0 Å². The third-order valence-electron chi connectivity index (χ3n) is 4.48. The first-order chi connectivity index (χ1) is 14.8. The molecule has 2 aromatic rings. The zero-order valence-corrected chi connectivity index (χ0v) is 18.0. The highest BCUT2D eigenvalue weighted by atomic mass is 19.3. The number of rotatable bonds is 11. The van der Waals surface area contributed by atoms with E-state index in [1.54, 1.807) is 24.4 Å². The van der Waals surface area contributed by atoms with Crippen LogP contribution in [-0.2, 0) is 24.2 Å². The lowest BCUT2D eigenvalue weighted by Crippen LogP contribution is -2.30. The second kappa shape index (κ2) is 11.9. The zero-order chi connectivity index (χ0) is 22.8. The van der Waals surface area contributed by atoms with E-state index in [0.29, 0.717) is 36.2 Å². The summed E-state index contributed by atoms with van der Waals surface area (Å²) < 4.78 is 29.8. The van der Waals surface area contributed by atoms with Crippen molar-refractivity contribution < 1.29 is 23.1 Å². The monoisotopic (exact) mass is 434 g/mol. The van der Waals surface area contributed by atoms with Gasteiger partial charge in [-0.15, -0.1) is 0 Å². The van der Waals surface area contributed by atoms with Crippen LogP contribution in [0.2, 0.25) is 0 Å². The molecule has 31 heavy (non-hydrogen) atoms. The number of hydrogen-bond acceptors (Lipinski definition) is 5. The highest BCUT2D eigenvalue weighted by Gasteiger charge is 2.14. The lowest BCUT2D eigenvalue weighted by Gasteiger charge is -2.12. The van der Waals surface area contributed by atoms with Crippen LogP contribution in [0.3, 0.4) is 0 Å². The summed E-state index contributed by atoms with van der Waals surface area (Å²) >= 11 is 0. The molecule has 0 unspecified atom stereocenters. The van der Waals surface area contributed by atoms with Crippen molar-refractivity contribution in [1.29, 1.82) is 0 Å². The number of amides is 2. The Morgan fingerprint density at radius 3 is 2.65 bits per heavy atom. The van der Waals surface area contributed by atoms with Crippen molar-refractivity contribution in [1.82, 2.24) is 20.6 Å². The van der Waals surface area contributed by atoms with Gasteiger partial charge >= 0.3 is 0 Å². The number of halogens is 2. The molecule has 2 amide bonds. The van der Waals surface area contributed by atoms with Crippen LogP contribution in [0.25, 0.3) is 0 Å². The second-order valence-electron chi connectivity index (χ2n) is 7.24. The van der Waals surface area contributed by atoms with Crippen LogP contribution < -0.4 is 15.4 Å². The number of hydrogen-bond donors (Lipinski definition) is 2. The molecule has 0 aliphatic rings. The molecule has 2 aromatic heterocycles. The number of aryl methyl sites for hydroxylation is 1. The molecule has 2 heterocycles. The summed E-state index contributed by atoms with van der Waals surface area (Å²) in [5.41, 5.74) is 2.44. The molecular weight excluding hydrogens is 406 g/mol. The minimum absolute atomic E-state index is 0.0536. The van der Waals surface area contributed by atoms with Crippen molar-refractivity contribution in [2.75, 3.05) is 13.2 Å². The first kappa shape index (κ1) is 24.2. The number of carbonyl (C=O) groups is 2. The van der Waals surface area contributed by atoms with E-state index in [9.17, 15) is 18.4 Å². The van der Waals surface area contributed by atoms with Crippen molar-refractivity contribution >= 4 is 11.8 Å². The van der Waals surface area contributed by atoms with Crippen molar-refractivity contribution in [3.8, 4) is 5.88 Å². The molecule has 0 atom stereocenters. The van der Waals surface area contributed by atoms with Gasteiger partial charge in [0.1, 0.15) is 0 Å². The molecule has 9 heteroatoms. The van der Waals surface area contributed by atoms with Gasteiger partial charge < -0.3 is 15.4 Å². The summed E-state index contributed by atoms with van der Waals surface area (Å²) in [4.78, 5) is 32.7. The predicted molar refractivity (Wildman–Crippen MR) is 112 cm³/mol. The Labute approximate surface area is 180 Å². The van der Waals surface area contributed by atoms with Gasteiger partial charge in [-0.25, -0.2) is 13.8 Å². The van der Waals surface area contributed by atoms with Gasteiger partial charge in [0.2, 0.25) is 11.8 Å². The highest BCUT2D eigenvalue weighted by molar-refractivity contribution is 5.95. The molecule has 168 valence electrons. The zero-order valence-electron chi connectivity index (χ0n) is 18.0. The molecule has 0 bridgehead atoms. The predicted octanol–water partition coefficient (Wildman–Crippen LogP) is 2.93. The van der Waals surface area contributed by atoms with Gasteiger partial charge in [0.25, 0.3) is 12.3 Å². The summed E-state index contributed by atoms with van der Waals surface area (Å²) in [6.45, 7) is 5.38. The average Bonchev–Trinajstić information content (AvgIpc) is 2.76. The topological polar surface area (TPSA) is 93.2 Å². The molecule has 0 aromatic carbocycles. The number of pyridine rings is 2. The normalized spacial score (nSPS) is 10.9. The van der Waals surface area contributed by atoms with Crippen LogP contribution in [0.4, 0.5) is 8.78 Å². The smallest absolute Gasteiger partial charge is 0.272 e. The Bertz CT molecular complexity index is 891. The van der Waals surface area contributed by atoms with Crippen LogP contribution in [0.5, 0.6) is 5.88 Å². The average molecular weight is 434 g/mol. The van der Waals surface area contributed by atoms with Crippen molar-refractivity contribution in [2.24, 2.45) is 5.92 Å². The fourth-order valence-corrected chi connectivity index (χ4v) is 2.80. The second-order valence-corrected chi connectivity index (χ2v) is 7.24. The van der Waals surface area contributed by atoms with Gasteiger partial charge in [-0.3, -0.25) is 14.6 Å². The van der Waals surface area contributed by atoms with E-state index in [0.717, 1.165) is 5.56 Å². The third-order valence-corrected chi connectivity index (χ3v) is 4.48. The molecule has 0 aliphatic heterocycles. The molecule has 0 aliphatic carbocycles. The van der Waals surface area contributed by atoms with Crippen molar-refractivity contribution in [3.63, 3.8) is 0 Å². The van der Waals surface area contributed by atoms with Gasteiger partial charge in [0.05, 0.1) is 11.3 Å². The van der Waals surface area contributed by atoms with E-state index in [2.05, 4.69) is 20.6 Å². The molecule has 0 saturated heterocycles. The van der Waals surface area contributed by atoms with Crippen LogP contribution >= 0.6 is 0 Å². The number of carbonyl (C=O) groups excluding carboxylic acids is 2. The van der Waals surface area contributed by atoms with Gasteiger partial charge in [-0.05, 0) is 30.2 Å². The van der Waals surface area contributed by atoms with E-state index < -0.39 is 13.0 Å². The number of nitrogens with one attached hydrogen (secondary N) is 2. The summed E-state index contributed by atoms with van der Waals surface area (Å²) in [5.74, 6) is -0.285. The molecule has 2 N–H and O–H groups in total. The summed E-state index contributed by atoms with van der Waals surface area (Å²) in [5, 5.41) is 5.64. The maximum absolute atomic E-state index is 12.7. The van der Waals surface area contributed by atoms with Crippen LogP contribution in [0.15, 0.2) is 30.6 Å². The molecule has 2 rings (SSSR count). The van der Waals surface area contributed by atoms with Gasteiger partial charge in [0.15, 0.2) is 6.61 Å². The molecule has 0 fully saturated rings. The number of ether oxygens (including phenoxy) is 1. The van der Waals surface area contributed by atoms with E-state index >= 15 is 0 Å². The fraction of sp³-hybridized carbons (Fsp3) is 0.455. The van der Waals surface area contributed by atoms with E-state index in [4.69, 9.17) is 4.74 Å². The standard InChI is InChI=1S/C22H28F2N4O3/c1-4-16-10-15(12-28-22(16)31-13-19(23)24)11-27-21(30)17-6-5-8-25-18(17)7-9-26-20(29)14(2)3/h5-6,8,10,12,14,19H,4,7,9,11,13H2,1-3H3,(H,26,29)(H,27,30). The quantitative estimate of drug-likeness (QED) is 0.567. The molecular formula is C22H28F2N4O3. The first-order valence-electron chi connectivity index (χ1n) is 10.2. The number of aromatic nitrogens is 2. The van der Waals surface area contributed by atoms with Crippen LogP contribution in [0.1, 0.15) is 48.0 Å². The molecule has 0 saturated carbocycles. The first-order valence-corrected chi connectivity index (χ1v) is 10.2. The summed E-state index contributed by atoms with van der Waals surface area (Å²) in [7, 11) is 0. The van der Waals surface area contributed by atoms with Gasteiger partial charge in [-0.1, -0.05) is 20.8 Å². The Balaban J connectivity index is 1.99. The Morgan fingerprint density at radius 2 is 1.97 bits per heavy atom. The minimum Gasteiger partial charge on any atom is -0.471 e. The maximum atomic E-state index is 12.7. The van der Waals surface area contributed by atoms with Crippen LogP contribution in [0, 0.1) is 5.92 Å². The van der Waals surface area contributed by atoms with E-state index in [1.165, 1.54) is 6.20 Å². The van der Waals surface area contributed by atoms with Crippen molar-refractivity contribution in [2.45, 2.75) is 46.6 Å². The molecule has 7 nitrogen and oxygen atoms in total. The SMILES string of the molecule is CCc1cc(CNC(=O)c2cccnc2CCNC(=O)C(C)C)cnc1OCC(F)F. The summed E-state index contributed by atoms with van der Waals surface area (Å²) in [6, 6.07) is 5.13. The Kier molecular flexibility index (Phi) is 9.30. The third kappa shape index (κ3) is 7.58.